The first kappa shape index (κ1) is 7.88. The highest BCUT2D eigenvalue weighted by molar-refractivity contribution is 9.11. The van der Waals surface area contributed by atoms with Gasteiger partial charge >= 0.3 is 0 Å². The smallest absolute Gasteiger partial charge is 0.173 e. The Balaban J connectivity index is 3.34. The Morgan fingerprint density at radius 2 is 1.20 bits per heavy atom. The summed E-state index contributed by atoms with van der Waals surface area (Å²) in [5.41, 5.74) is 0. The van der Waals surface area contributed by atoms with Gasteiger partial charge in [-0.3, -0.25) is 0 Å². The summed E-state index contributed by atoms with van der Waals surface area (Å²) in [6.07, 6.45) is 0. The largest absolute Gasteiger partial charge is 0.503 e. The molecule has 0 amide bonds. The summed E-state index contributed by atoms with van der Waals surface area (Å²) < 4.78 is 0.960. The van der Waals surface area contributed by atoms with Gasteiger partial charge in [0.2, 0.25) is 0 Å². The van der Waals surface area contributed by atoms with Gasteiger partial charge in [0.1, 0.15) is 0 Å². The first-order chi connectivity index (χ1) is 4.63. The molecule has 0 bridgehead atoms. The average molecular weight is 268 g/mol. The maximum absolute atomic E-state index is 9.06. The van der Waals surface area contributed by atoms with Crippen molar-refractivity contribution >= 4 is 31.9 Å². The van der Waals surface area contributed by atoms with Crippen LogP contribution >= 0.6 is 31.9 Å². The molecule has 0 aliphatic heterocycles. The summed E-state index contributed by atoms with van der Waals surface area (Å²) >= 11 is 6.10. The number of phenolic OH excluding ortho intramolecular Hbond substituents is 2. The Hall–Kier alpha value is -0.220. The standard InChI is InChI=1S/C6H4Br2O2/c7-3-1-2-4(8)6(10)5(3)9/h1-2,9-10H. The number of aromatic hydroxyl groups is 2. The monoisotopic (exact) mass is 266 g/mol. The molecule has 0 radical (unpaired) electrons. The summed E-state index contributed by atoms with van der Waals surface area (Å²) in [5, 5.41) is 18.1. The highest BCUT2D eigenvalue weighted by atomic mass is 79.9. The van der Waals surface area contributed by atoms with Gasteiger partial charge in [-0.05, 0) is 44.0 Å². The summed E-state index contributed by atoms with van der Waals surface area (Å²) in [5.74, 6) is -0.288. The summed E-state index contributed by atoms with van der Waals surface area (Å²) in [7, 11) is 0. The maximum atomic E-state index is 9.06. The SMILES string of the molecule is Oc1c(Br)ccc(Br)c1O. The lowest BCUT2D eigenvalue weighted by Crippen LogP contribution is -1.72. The molecular formula is C6H4Br2O2. The zero-order valence-corrected chi connectivity index (χ0v) is 7.98. The molecule has 10 heavy (non-hydrogen) atoms. The first-order valence-corrected chi connectivity index (χ1v) is 4.07. The molecule has 0 heterocycles. The van der Waals surface area contributed by atoms with Gasteiger partial charge in [-0.1, -0.05) is 0 Å². The molecule has 0 aliphatic rings. The minimum Gasteiger partial charge on any atom is -0.503 e. The fourth-order valence-electron chi connectivity index (χ4n) is 0.530. The predicted molar refractivity (Wildman–Crippen MR) is 45.2 cm³/mol. The third-order valence-corrected chi connectivity index (χ3v) is 2.33. The van der Waals surface area contributed by atoms with E-state index in [2.05, 4.69) is 31.9 Å². The molecule has 0 unspecified atom stereocenters. The summed E-state index contributed by atoms with van der Waals surface area (Å²) in [4.78, 5) is 0. The van der Waals surface area contributed by atoms with Crippen LogP contribution < -0.4 is 0 Å². The van der Waals surface area contributed by atoms with Gasteiger partial charge in [0.05, 0.1) is 8.95 Å². The predicted octanol–water partition coefficient (Wildman–Crippen LogP) is 2.62. The molecule has 2 N–H and O–H groups in total. The third kappa shape index (κ3) is 1.27. The Morgan fingerprint density at radius 1 is 0.900 bits per heavy atom. The Labute approximate surface area is 74.8 Å². The lowest BCUT2D eigenvalue weighted by atomic mass is 10.3. The Bertz CT molecular complexity index is 233. The molecule has 1 aromatic carbocycles. The van der Waals surface area contributed by atoms with Gasteiger partial charge in [0, 0.05) is 0 Å². The van der Waals surface area contributed by atoms with E-state index in [1.165, 1.54) is 0 Å². The van der Waals surface area contributed by atoms with Gasteiger partial charge in [-0.15, -0.1) is 0 Å². The maximum Gasteiger partial charge on any atom is 0.173 e. The molecule has 0 fully saturated rings. The van der Waals surface area contributed by atoms with Crippen LogP contribution in [0.4, 0.5) is 0 Å². The normalized spacial score (nSPS) is 9.80. The summed E-state index contributed by atoms with van der Waals surface area (Å²) in [6.45, 7) is 0. The zero-order valence-electron chi connectivity index (χ0n) is 4.81. The highest BCUT2D eigenvalue weighted by Gasteiger charge is 2.06. The Kier molecular flexibility index (Phi) is 2.21. The van der Waals surface area contributed by atoms with Gasteiger partial charge in [-0.2, -0.15) is 0 Å². The van der Waals surface area contributed by atoms with E-state index in [-0.39, 0.29) is 11.5 Å². The lowest BCUT2D eigenvalue weighted by Gasteiger charge is -2.00. The topological polar surface area (TPSA) is 40.5 Å². The van der Waals surface area contributed by atoms with E-state index >= 15 is 0 Å². The van der Waals surface area contributed by atoms with Gasteiger partial charge in [0.15, 0.2) is 11.5 Å². The first-order valence-electron chi connectivity index (χ1n) is 2.49. The number of hydrogen-bond donors (Lipinski definition) is 2. The minimum absolute atomic E-state index is 0.144. The van der Waals surface area contributed by atoms with Crippen molar-refractivity contribution in [2.75, 3.05) is 0 Å². The van der Waals surface area contributed by atoms with Crippen LogP contribution in [0.1, 0.15) is 0 Å². The second-order valence-corrected chi connectivity index (χ2v) is 3.44. The van der Waals surface area contributed by atoms with Crippen LogP contribution in [0.2, 0.25) is 0 Å². The van der Waals surface area contributed by atoms with Crippen LogP contribution in [0.5, 0.6) is 11.5 Å². The molecule has 0 saturated heterocycles. The fraction of sp³-hybridized carbons (Fsp3) is 0. The number of benzene rings is 1. The van der Waals surface area contributed by atoms with Crippen molar-refractivity contribution in [1.82, 2.24) is 0 Å². The van der Waals surface area contributed by atoms with Gasteiger partial charge in [0.25, 0.3) is 0 Å². The molecule has 1 aromatic rings. The second-order valence-electron chi connectivity index (χ2n) is 1.73. The molecule has 0 aromatic heterocycles. The molecule has 4 heteroatoms. The molecule has 0 saturated carbocycles. The average Bonchev–Trinajstić information content (AvgIpc) is 1.93. The second kappa shape index (κ2) is 2.80. The van der Waals surface area contributed by atoms with E-state index in [4.69, 9.17) is 10.2 Å². The zero-order chi connectivity index (χ0) is 7.72. The van der Waals surface area contributed by atoms with Crippen LogP contribution in [0, 0.1) is 0 Å². The Morgan fingerprint density at radius 3 is 1.50 bits per heavy atom. The quantitative estimate of drug-likeness (QED) is 0.710. The molecule has 1 rings (SSSR count). The van der Waals surface area contributed by atoms with Crippen LogP contribution in [0.25, 0.3) is 0 Å². The van der Waals surface area contributed by atoms with Crippen molar-refractivity contribution in [2.45, 2.75) is 0 Å². The van der Waals surface area contributed by atoms with Crippen molar-refractivity contribution in [2.24, 2.45) is 0 Å². The number of halogens is 2. The van der Waals surface area contributed by atoms with Crippen LogP contribution in [-0.4, -0.2) is 10.2 Å². The van der Waals surface area contributed by atoms with Crippen molar-refractivity contribution in [3.8, 4) is 11.5 Å². The van der Waals surface area contributed by atoms with Crippen LogP contribution in [-0.2, 0) is 0 Å². The van der Waals surface area contributed by atoms with Gasteiger partial charge < -0.3 is 10.2 Å². The van der Waals surface area contributed by atoms with E-state index in [1.807, 2.05) is 0 Å². The number of rotatable bonds is 0. The highest BCUT2D eigenvalue weighted by Crippen LogP contribution is 2.38. The van der Waals surface area contributed by atoms with Crippen molar-refractivity contribution in [1.29, 1.82) is 0 Å². The van der Waals surface area contributed by atoms with Crippen LogP contribution in [0.15, 0.2) is 21.1 Å². The molecule has 54 valence electrons. The van der Waals surface area contributed by atoms with Crippen molar-refractivity contribution in [3.63, 3.8) is 0 Å². The van der Waals surface area contributed by atoms with E-state index in [0.717, 1.165) is 0 Å². The lowest BCUT2D eigenvalue weighted by molar-refractivity contribution is 0.399. The van der Waals surface area contributed by atoms with E-state index in [0.29, 0.717) is 8.95 Å². The van der Waals surface area contributed by atoms with Crippen LogP contribution in [0.3, 0.4) is 0 Å². The van der Waals surface area contributed by atoms with E-state index < -0.39 is 0 Å². The number of hydrogen-bond acceptors (Lipinski definition) is 2. The van der Waals surface area contributed by atoms with Gasteiger partial charge in [-0.25, -0.2) is 0 Å². The molecule has 0 atom stereocenters. The number of phenols is 2. The van der Waals surface area contributed by atoms with E-state index in [9.17, 15) is 0 Å². The van der Waals surface area contributed by atoms with Crippen molar-refractivity contribution in [3.05, 3.63) is 21.1 Å². The minimum atomic E-state index is -0.144. The molecule has 0 aliphatic carbocycles. The molecule has 0 spiro atoms. The van der Waals surface area contributed by atoms with Crippen molar-refractivity contribution < 1.29 is 10.2 Å². The fourth-order valence-corrected chi connectivity index (χ4v) is 1.17. The molecule has 2 nitrogen and oxygen atoms in total. The summed E-state index contributed by atoms with van der Waals surface area (Å²) in [6, 6.07) is 3.28. The third-order valence-electron chi connectivity index (χ3n) is 1.05. The molecular weight excluding hydrogens is 264 g/mol. The van der Waals surface area contributed by atoms with E-state index in [1.54, 1.807) is 12.1 Å².